The highest BCUT2D eigenvalue weighted by Crippen LogP contribution is 2.27. The van der Waals surface area contributed by atoms with Crippen molar-refractivity contribution < 1.29 is 8.78 Å². The lowest BCUT2D eigenvalue weighted by atomic mass is 10.0. The summed E-state index contributed by atoms with van der Waals surface area (Å²) < 4.78 is 29.7. The fourth-order valence-electron chi connectivity index (χ4n) is 2.19. The quantitative estimate of drug-likeness (QED) is 0.923. The summed E-state index contributed by atoms with van der Waals surface area (Å²) in [6, 6.07) is 3.44. The van der Waals surface area contributed by atoms with Crippen LogP contribution < -0.4 is 5.73 Å². The van der Waals surface area contributed by atoms with Crippen molar-refractivity contribution in [3.8, 4) is 0 Å². The van der Waals surface area contributed by atoms with Crippen molar-refractivity contribution in [2.75, 3.05) is 0 Å². The highest BCUT2D eigenvalue weighted by molar-refractivity contribution is 9.10. The lowest BCUT2D eigenvalue weighted by molar-refractivity contribution is 0.484. The van der Waals surface area contributed by atoms with Gasteiger partial charge in [0.25, 0.3) is 0 Å². The molecule has 0 aliphatic rings. The third-order valence-corrected chi connectivity index (χ3v) is 4.28. The van der Waals surface area contributed by atoms with Gasteiger partial charge in [-0.3, -0.25) is 4.68 Å². The molecule has 0 radical (unpaired) electrons. The molecule has 3 nitrogen and oxygen atoms in total. The van der Waals surface area contributed by atoms with Gasteiger partial charge in [-0.05, 0) is 35.8 Å². The second kappa shape index (κ2) is 6.01. The molecule has 1 aromatic heterocycles. The number of rotatable bonds is 4. The minimum Gasteiger partial charge on any atom is -0.324 e. The van der Waals surface area contributed by atoms with Crippen LogP contribution >= 0.6 is 15.9 Å². The van der Waals surface area contributed by atoms with Crippen LogP contribution in [-0.4, -0.2) is 9.78 Å². The third kappa shape index (κ3) is 2.76. The maximum absolute atomic E-state index is 13.8. The van der Waals surface area contributed by atoms with E-state index < -0.39 is 17.7 Å². The molecule has 2 aromatic rings. The minimum absolute atomic E-state index is 0.179. The van der Waals surface area contributed by atoms with Crippen LogP contribution in [0.5, 0.6) is 0 Å². The first kappa shape index (κ1) is 15.1. The molecule has 0 saturated carbocycles. The fourth-order valence-corrected chi connectivity index (χ4v) is 2.63. The summed E-state index contributed by atoms with van der Waals surface area (Å²) in [7, 11) is 0. The van der Waals surface area contributed by atoms with Crippen LogP contribution in [0.1, 0.15) is 29.9 Å². The zero-order valence-corrected chi connectivity index (χ0v) is 12.9. The molecule has 1 aromatic carbocycles. The average Bonchev–Trinajstić information content (AvgIpc) is 2.69. The summed E-state index contributed by atoms with van der Waals surface area (Å²) >= 11 is 3.47. The van der Waals surface area contributed by atoms with Crippen molar-refractivity contribution in [3.63, 3.8) is 0 Å². The summed E-state index contributed by atoms with van der Waals surface area (Å²) in [6.45, 7) is 4.55. The first-order valence-corrected chi connectivity index (χ1v) is 7.16. The molecule has 108 valence electrons. The topological polar surface area (TPSA) is 43.8 Å². The molecule has 0 bridgehead atoms. The summed E-state index contributed by atoms with van der Waals surface area (Å²) in [6.07, 6.45) is 0.385. The van der Waals surface area contributed by atoms with E-state index in [2.05, 4.69) is 21.0 Å². The minimum atomic E-state index is -0.879. The van der Waals surface area contributed by atoms with Crippen LogP contribution in [0, 0.1) is 18.6 Å². The van der Waals surface area contributed by atoms with Crippen molar-refractivity contribution in [2.45, 2.75) is 32.9 Å². The molecule has 1 heterocycles. The maximum atomic E-state index is 13.8. The van der Waals surface area contributed by atoms with Crippen LogP contribution in [0.25, 0.3) is 0 Å². The van der Waals surface area contributed by atoms with Crippen molar-refractivity contribution in [1.29, 1.82) is 0 Å². The largest absolute Gasteiger partial charge is 0.324 e. The Hall–Kier alpha value is -1.27. The lowest BCUT2D eigenvalue weighted by Gasteiger charge is -2.14. The van der Waals surface area contributed by atoms with Gasteiger partial charge in [-0.1, -0.05) is 12.1 Å². The van der Waals surface area contributed by atoms with Gasteiger partial charge in [-0.2, -0.15) is 5.10 Å². The van der Waals surface area contributed by atoms with E-state index in [0.29, 0.717) is 13.0 Å². The van der Waals surface area contributed by atoms with Gasteiger partial charge in [0.2, 0.25) is 0 Å². The molecule has 20 heavy (non-hydrogen) atoms. The van der Waals surface area contributed by atoms with Gasteiger partial charge >= 0.3 is 0 Å². The normalized spacial score (nSPS) is 12.7. The van der Waals surface area contributed by atoms with Crippen LogP contribution in [0.2, 0.25) is 0 Å². The Bertz CT molecular complexity index is 625. The maximum Gasteiger partial charge on any atom is 0.163 e. The smallest absolute Gasteiger partial charge is 0.163 e. The number of hydrogen-bond acceptors (Lipinski definition) is 2. The highest BCUT2D eigenvalue weighted by Gasteiger charge is 2.19. The first-order chi connectivity index (χ1) is 9.45. The van der Waals surface area contributed by atoms with E-state index >= 15 is 0 Å². The van der Waals surface area contributed by atoms with Gasteiger partial charge in [0.1, 0.15) is 0 Å². The summed E-state index contributed by atoms with van der Waals surface area (Å²) in [5.74, 6) is -1.76. The fraction of sp³-hybridized carbons (Fsp3) is 0.357. The summed E-state index contributed by atoms with van der Waals surface area (Å²) in [5, 5.41) is 4.36. The van der Waals surface area contributed by atoms with E-state index in [9.17, 15) is 8.78 Å². The van der Waals surface area contributed by atoms with E-state index in [0.717, 1.165) is 21.9 Å². The van der Waals surface area contributed by atoms with Gasteiger partial charge in [0, 0.05) is 24.6 Å². The number of nitrogens with two attached hydrogens (primary N) is 1. The van der Waals surface area contributed by atoms with Gasteiger partial charge < -0.3 is 5.73 Å². The monoisotopic (exact) mass is 343 g/mol. The van der Waals surface area contributed by atoms with Crippen LogP contribution in [0.3, 0.4) is 0 Å². The second-order valence-corrected chi connectivity index (χ2v) is 5.41. The second-order valence-electron chi connectivity index (χ2n) is 4.62. The zero-order chi connectivity index (χ0) is 14.9. The molecule has 0 spiro atoms. The molecule has 0 amide bonds. The third-order valence-electron chi connectivity index (χ3n) is 3.25. The number of aryl methyl sites for hydroxylation is 2. The lowest BCUT2D eigenvalue weighted by Crippen LogP contribution is -2.18. The van der Waals surface area contributed by atoms with Gasteiger partial charge in [-0.15, -0.1) is 0 Å². The van der Waals surface area contributed by atoms with Crippen molar-refractivity contribution in [1.82, 2.24) is 9.78 Å². The number of hydrogen-bond donors (Lipinski definition) is 1. The number of benzene rings is 1. The van der Waals surface area contributed by atoms with E-state index in [1.54, 1.807) is 0 Å². The average molecular weight is 344 g/mol. The standard InChI is InChI=1S/C14H16BrF2N3/c1-3-20-12(13(15)8(2)19-20)7-11(18)9-5-4-6-10(16)14(9)17/h4-6,11H,3,7,18H2,1-2H3. The molecule has 0 saturated heterocycles. The molecule has 0 aliphatic carbocycles. The molecule has 1 unspecified atom stereocenters. The van der Waals surface area contributed by atoms with Crippen LogP contribution in [0.15, 0.2) is 22.7 Å². The summed E-state index contributed by atoms with van der Waals surface area (Å²) in [4.78, 5) is 0. The number of halogens is 3. The van der Waals surface area contributed by atoms with Crippen LogP contribution in [0.4, 0.5) is 8.78 Å². The van der Waals surface area contributed by atoms with E-state index in [1.807, 2.05) is 18.5 Å². The van der Waals surface area contributed by atoms with E-state index in [4.69, 9.17) is 5.73 Å². The Morgan fingerprint density at radius 2 is 2.10 bits per heavy atom. The highest BCUT2D eigenvalue weighted by atomic mass is 79.9. The number of nitrogens with zero attached hydrogens (tertiary/aromatic N) is 2. The molecular formula is C14H16BrF2N3. The first-order valence-electron chi connectivity index (χ1n) is 6.37. The van der Waals surface area contributed by atoms with Gasteiger partial charge in [-0.25, -0.2) is 8.78 Å². The molecule has 1 atom stereocenters. The Balaban J connectivity index is 2.32. The molecular weight excluding hydrogens is 328 g/mol. The molecule has 0 fully saturated rings. The molecule has 2 N–H and O–H groups in total. The Labute approximate surface area is 124 Å². The van der Waals surface area contributed by atoms with Crippen molar-refractivity contribution in [2.24, 2.45) is 5.73 Å². The number of aromatic nitrogens is 2. The SMILES string of the molecule is CCn1nc(C)c(Br)c1CC(N)c1cccc(F)c1F. The van der Waals surface area contributed by atoms with Gasteiger partial charge in [0.05, 0.1) is 15.9 Å². The van der Waals surface area contributed by atoms with Crippen molar-refractivity contribution >= 4 is 15.9 Å². The molecule has 0 aliphatic heterocycles. The summed E-state index contributed by atoms with van der Waals surface area (Å²) in [5.41, 5.74) is 7.95. The molecule has 2 rings (SSSR count). The van der Waals surface area contributed by atoms with Crippen LogP contribution in [-0.2, 0) is 13.0 Å². The van der Waals surface area contributed by atoms with E-state index in [-0.39, 0.29) is 5.56 Å². The van der Waals surface area contributed by atoms with E-state index in [1.165, 1.54) is 12.1 Å². The predicted octanol–water partition coefficient (Wildman–Crippen LogP) is 3.49. The molecule has 6 heteroatoms. The Morgan fingerprint density at radius 1 is 1.40 bits per heavy atom. The Kier molecular flexibility index (Phi) is 4.55. The predicted molar refractivity (Wildman–Crippen MR) is 77.3 cm³/mol. The zero-order valence-electron chi connectivity index (χ0n) is 11.3. The van der Waals surface area contributed by atoms with Gasteiger partial charge in [0.15, 0.2) is 11.6 Å². The van der Waals surface area contributed by atoms with Crippen molar-refractivity contribution in [3.05, 3.63) is 51.3 Å². The Morgan fingerprint density at radius 3 is 2.75 bits per heavy atom.